The van der Waals surface area contributed by atoms with Crippen LogP contribution in [0.15, 0.2) is 42.5 Å². The quantitative estimate of drug-likeness (QED) is 0.757. The molecule has 0 heterocycles. The smallest absolute Gasteiger partial charge is 0.255 e. The molecule has 0 spiro atoms. The lowest BCUT2D eigenvalue weighted by molar-refractivity contribution is -0.116. The van der Waals surface area contributed by atoms with E-state index in [1.807, 2.05) is 0 Å². The number of carbonyl (C=O) groups excluding carboxylic acids is 2. The van der Waals surface area contributed by atoms with Gasteiger partial charge in [0, 0.05) is 36.9 Å². The highest BCUT2D eigenvalue weighted by molar-refractivity contribution is 5.97. The van der Waals surface area contributed by atoms with Crippen molar-refractivity contribution < 1.29 is 23.8 Å². The van der Waals surface area contributed by atoms with Gasteiger partial charge in [0.05, 0.1) is 26.9 Å². The average Bonchev–Trinajstić information content (AvgIpc) is 2.67. The van der Waals surface area contributed by atoms with Gasteiger partial charge in [0.15, 0.2) is 0 Å². The number of hydrogen-bond donors (Lipinski definition) is 2. The van der Waals surface area contributed by atoms with Crippen LogP contribution in [0.1, 0.15) is 16.8 Å². The van der Waals surface area contributed by atoms with E-state index in [9.17, 15) is 9.59 Å². The molecule has 0 aliphatic rings. The van der Waals surface area contributed by atoms with Gasteiger partial charge in [-0.2, -0.15) is 0 Å². The van der Waals surface area contributed by atoms with E-state index in [-0.39, 0.29) is 24.8 Å². The minimum Gasteiger partial charge on any atom is -0.497 e. The molecule has 2 aromatic rings. The molecular weight excluding hydrogens is 336 g/mol. The second-order valence-electron chi connectivity index (χ2n) is 5.36. The molecule has 0 saturated heterocycles. The fraction of sp³-hybridized carbons (Fsp3) is 0.263. The Morgan fingerprint density at radius 2 is 1.58 bits per heavy atom. The number of ether oxygens (including phenoxy) is 3. The van der Waals surface area contributed by atoms with Crippen LogP contribution in [-0.2, 0) is 4.79 Å². The Balaban J connectivity index is 1.88. The summed E-state index contributed by atoms with van der Waals surface area (Å²) in [6, 6.07) is 12.0. The zero-order chi connectivity index (χ0) is 18.9. The van der Waals surface area contributed by atoms with Crippen molar-refractivity contribution in [1.82, 2.24) is 5.32 Å². The zero-order valence-electron chi connectivity index (χ0n) is 15.0. The Kier molecular flexibility index (Phi) is 6.84. The number of amides is 2. The number of rotatable bonds is 8. The van der Waals surface area contributed by atoms with Gasteiger partial charge in [-0.25, -0.2) is 0 Å². The van der Waals surface area contributed by atoms with Crippen LogP contribution in [0.2, 0.25) is 0 Å². The van der Waals surface area contributed by atoms with Gasteiger partial charge in [-0.3, -0.25) is 9.59 Å². The molecule has 26 heavy (non-hydrogen) atoms. The number of para-hydroxylation sites is 1. The first-order valence-corrected chi connectivity index (χ1v) is 8.01. The lowest BCUT2D eigenvalue weighted by Crippen LogP contribution is -2.28. The molecule has 0 saturated carbocycles. The molecule has 0 bridgehead atoms. The molecule has 0 radical (unpaired) electrons. The molecule has 0 unspecified atom stereocenters. The van der Waals surface area contributed by atoms with Crippen LogP contribution in [0.4, 0.5) is 5.69 Å². The first-order chi connectivity index (χ1) is 12.6. The molecular formula is C19H22N2O5. The van der Waals surface area contributed by atoms with E-state index in [0.29, 0.717) is 28.5 Å². The van der Waals surface area contributed by atoms with Gasteiger partial charge in [0.1, 0.15) is 17.2 Å². The van der Waals surface area contributed by atoms with Crippen LogP contribution in [0.5, 0.6) is 17.2 Å². The molecule has 0 fully saturated rings. The first-order valence-electron chi connectivity index (χ1n) is 8.01. The summed E-state index contributed by atoms with van der Waals surface area (Å²) in [5.74, 6) is 1.10. The maximum atomic E-state index is 12.2. The molecule has 7 heteroatoms. The largest absolute Gasteiger partial charge is 0.497 e. The second-order valence-corrected chi connectivity index (χ2v) is 5.36. The SMILES string of the molecule is COc1cc(NC(=O)CCNC(=O)c2ccccc2OC)cc(OC)c1. The summed E-state index contributed by atoms with van der Waals surface area (Å²) in [5, 5.41) is 5.46. The fourth-order valence-corrected chi connectivity index (χ4v) is 2.32. The Hall–Kier alpha value is -3.22. The lowest BCUT2D eigenvalue weighted by atomic mass is 10.2. The van der Waals surface area contributed by atoms with E-state index < -0.39 is 0 Å². The van der Waals surface area contributed by atoms with E-state index in [1.54, 1.807) is 42.5 Å². The van der Waals surface area contributed by atoms with Gasteiger partial charge >= 0.3 is 0 Å². The van der Waals surface area contributed by atoms with Gasteiger partial charge in [-0.1, -0.05) is 12.1 Å². The van der Waals surface area contributed by atoms with Crippen molar-refractivity contribution in [2.24, 2.45) is 0 Å². The number of methoxy groups -OCH3 is 3. The number of carbonyl (C=O) groups is 2. The minimum absolute atomic E-state index is 0.125. The van der Waals surface area contributed by atoms with Crippen molar-refractivity contribution in [3.8, 4) is 17.2 Å². The van der Waals surface area contributed by atoms with Crippen LogP contribution in [0, 0.1) is 0 Å². The van der Waals surface area contributed by atoms with Gasteiger partial charge in [-0.05, 0) is 12.1 Å². The summed E-state index contributed by atoms with van der Waals surface area (Å²) in [4.78, 5) is 24.3. The predicted molar refractivity (Wildman–Crippen MR) is 98.1 cm³/mol. The van der Waals surface area contributed by atoms with Crippen LogP contribution in [0.25, 0.3) is 0 Å². The first kappa shape index (κ1) is 19.1. The summed E-state index contributed by atoms with van der Waals surface area (Å²) in [7, 11) is 4.57. The second kappa shape index (κ2) is 9.31. The van der Waals surface area contributed by atoms with Crippen LogP contribution < -0.4 is 24.8 Å². The molecule has 2 amide bonds. The van der Waals surface area contributed by atoms with Crippen molar-refractivity contribution in [3.63, 3.8) is 0 Å². The third-order valence-corrected chi connectivity index (χ3v) is 3.62. The molecule has 7 nitrogen and oxygen atoms in total. The van der Waals surface area contributed by atoms with E-state index in [0.717, 1.165) is 0 Å². The highest BCUT2D eigenvalue weighted by Crippen LogP contribution is 2.25. The Bertz CT molecular complexity index is 754. The molecule has 0 atom stereocenters. The summed E-state index contributed by atoms with van der Waals surface area (Å²) in [6.07, 6.45) is 0.125. The Morgan fingerprint density at radius 3 is 2.19 bits per heavy atom. The number of nitrogens with one attached hydrogen (secondary N) is 2. The maximum Gasteiger partial charge on any atom is 0.255 e. The van der Waals surface area contributed by atoms with Crippen molar-refractivity contribution in [3.05, 3.63) is 48.0 Å². The Morgan fingerprint density at radius 1 is 0.923 bits per heavy atom. The maximum absolute atomic E-state index is 12.2. The van der Waals surface area contributed by atoms with Gasteiger partial charge in [0.2, 0.25) is 5.91 Å². The number of benzene rings is 2. The number of anilines is 1. The standard InChI is InChI=1S/C19H22N2O5/c1-24-14-10-13(11-15(12-14)25-2)21-18(22)8-9-20-19(23)16-6-4-5-7-17(16)26-3/h4-7,10-12H,8-9H2,1-3H3,(H,20,23)(H,21,22). The summed E-state index contributed by atoms with van der Waals surface area (Å²) < 4.78 is 15.5. The third-order valence-electron chi connectivity index (χ3n) is 3.62. The summed E-state index contributed by atoms with van der Waals surface area (Å²) in [5.41, 5.74) is 0.982. The number of hydrogen-bond acceptors (Lipinski definition) is 5. The molecule has 2 N–H and O–H groups in total. The zero-order valence-corrected chi connectivity index (χ0v) is 15.0. The van der Waals surface area contributed by atoms with E-state index >= 15 is 0 Å². The topological polar surface area (TPSA) is 85.9 Å². The van der Waals surface area contributed by atoms with Crippen molar-refractivity contribution >= 4 is 17.5 Å². The molecule has 138 valence electrons. The van der Waals surface area contributed by atoms with Crippen molar-refractivity contribution in [1.29, 1.82) is 0 Å². The molecule has 0 aliphatic heterocycles. The van der Waals surface area contributed by atoms with Crippen LogP contribution in [-0.4, -0.2) is 39.7 Å². The van der Waals surface area contributed by atoms with Gasteiger partial charge < -0.3 is 24.8 Å². The molecule has 2 aromatic carbocycles. The normalized spacial score (nSPS) is 9.96. The van der Waals surface area contributed by atoms with Crippen molar-refractivity contribution in [2.75, 3.05) is 33.2 Å². The van der Waals surface area contributed by atoms with Crippen LogP contribution in [0.3, 0.4) is 0 Å². The average molecular weight is 358 g/mol. The van der Waals surface area contributed by atoms with Crippen LogP contribution >= 0.6 is 0 Å². The monoisotopic (exact) mass is 358 g/mol. The predicted octanol–water partition coefficient (Wildman–Crippen LogP) is 2.47. The highest BCUT2D eigenvalue weighted by atomic mass is 16.5. The summed E-state index contributed by atoms with van der Waals surface area (Å²) >= 11 is 0. The molecule has 0 aliphatic carbocycles. The van der Waals surface area contributed by atoms with E-state index in [2.05, 4.69) is 10.6 Å². The lowest BCUT2D eigenvalue weighted by Gasteiger charge is -2.11. The minimum atomic E-state index is -0.293. The van der Waals surface area contributed by atoms with Gasteiger partial charge in [-0.15, -0.1) is 0 Å². The van der Waals surface area contributed by atoms with E-state index in [1.165, 1.54) is 21.3 Å². The van der Waals surface area contributed by atoms with Crippen molar-refractivity contribution in [2.45, 2.75) is 6.42 Å². The summed E-state index contributed by atoms with van der Waals surface area (Å²) in [6.45, 7) is 0.198. The van der Waals surface area contributed by atoms with E-state index in [4.69, 9.17) is 14.2 Å². The molecule has 2 rings (SSSR count). The fourth-order valence-electron chi connectivity index (χ4n) is 2.32. The molecule has 0 aromatic heterocycles. The third kappa shape index (κ3) is 5.14. The Labute approximate surface area is 152 Å². The van der Waals surface area contributed by atoms with Gasteiger partial charge in [0.25, 0.3) is 5.91 Å². The highest BCUT2D eigenvalue weighted by Gasteiger charge is 2.12.